The molecule has 2 heterocycles. The highest BCUT2D eigenvalue weighted by Crippen LogP contribution is 2.22. The van der Waals surface area contributed by atoms with Crippen LogP contribution in [-0.4, -0.2) is 22.7 Å². The predicted octanol–water partition coefficient (Wildman–Crippen LogP) is 3.81. The Morgan fingerprint density at radius 3 is 1.84 bits per heavy atom. The van der Waals surface area contributed by atoms with Gasteiger partial charge in [0.25, 0.3) is 0 Å². The average molecular weight is 295 g/mol. The van der Waals surface area contributed by atoms with Gasteiger partial charge in [-0.15, -0.1) is 22.7 Å². The van der Waals surface area contributed by atoms with E-state index in [1.165, 1.54) is 20.9 Å². The van der Waals surface area contributed by atoms with E-state index in [4.69, 9.17) is 0 Å². The van der Waals surface area contributed by atoms with Crippen molar-refractivity contribution in [3.63, 3.8) is 0 Å². The van der Waals surface area contributed by atoms with Crippen molar-refractivity contribution in [3.8, 4) is 0 Å². The number of rotatable bonds is 6. The van der Waals surface area contributed by atoms with Crippen LogP contribution in [0.3, 0.4) is 0 Å². The molecule has 0 radical (unpaired) electrons. The largest absolute Gasteiger partial charge is 0.392 e. The van der Waals surface area contributed by atoms with Crippen LogP contribution >= 0.6 is 22.7 Å². The Bertz CT molecular complexity index is 473. The molecule has 1 atom stereocenters. The molecule has 0 saturated heterocycles. The van der Waals surface area contributed by atoms with Gasteiger partial charge >= 0.3 is 0 Å². The second kappa shape index (κ2) is 6.66. The summed E-state index contributed by atoms with van der Waals surface area (Å²) in [7, 11) is 0. The molecule has 0 fully saturated rings. The van der Waals surface area contributed by atoms with Gasteiger partial charge in [-0.25, -0.2) is 0 Å². The summed E-state index contributed by atoms with van der Waals surface area (Å²) in [5, 5.41) is 14.0. The first kappa shape index (κ1) is 14.7. The summed E-state index contributed by atoms with van der Waals surface area (Å²) in [6.07, 6.45) is -0.291. The fraction of sp³-hybridized carbons (Fsp3) is 0.467. The minimum Gasteiger partial charge on any atom is -0.392 e. The van der Waals surface area contributed by atoms with Crippen molar-refractivity contribution in [2.45, 2.75) is 40.0 Å². The number of hydrogen-bond acceptors (Lipinski definition) is 4. The highest BCUT2D eigenvalue weighted by atomic mass is 32.1. The number of thiophene rings is 2. The number of aliphatic hydroxyl groups is 1. The van der Waals surface area contributed by atoms with Crippen molar-refractivity contribution in [1.29, 1.82) is 0 Å². The maximum Gasteiger partial charge on any atom is 0.0639 e. The van der Waals surface area contributed by atoms with Crippen molar-refractivity contribution >= 4 is 22.7 Å². The average Bonchev–Trinajstić information content (AvgIpc) is 2.89. The third kappa shape index (κ3) is 4.14. The van der Waals surface area contributed by atoms with Crippen LogP contribution in [0.1, 0.15) is 27.8 Å². The molecular formula is C15H21NOS2. The molecule has 0 aliphatic rings. The molecule has 4 heteroatoms. The van der Waals surface area contributed by atoms with Crippen LogP contribution < -0.4 is 0 Å². The number of aliphatic hydroxyl groups excluding tert-OH is 1. The molecule has 0 aliphatic heterocycles. The van der Waals surface area contributed by atoms with Gasteiger partial charge in [-0.05, 0) is 54.8 Å². The molecular weight excluding hydrogens is 274 g/mol. The lowest BCUT2D eigenvalue weighted by molar-refractivity contribution is 0.119. The molecule has 0 bridgehead atoms. The molecule has 0 aliphatic carbocycles. The third-order valence-electron chi connectivity index (χ3n) is 3.19. The van der Waals surface area contributed by atoms with E-state index in [1.807, 2.05) is 6.92 Å². The first-order valence-electron chi connectivity index (χ1n) is 6.52. The number of aryl methyl sites for hydroxylation is 2. The zero-order chi connectivity index (χ0) is 13.8. The van der Waals surface area contributed by atoms with Crippen LogP contribution in [-0.2, 0) is 13.1 Å². The molecule has 2 aromatic rings. The summed E-state index contributed by atoms with van der Waals surface area (Å²) < 4.78 is 0. The molecule has 2 rings (SSSR count). The predicted molar refractivity (Wildman–Crippen MR) is 83.9 cm³/mol. The third-order valence-corrected chi connectivity index (χ3v) is 5.21. The Balaban J connectivity index is 2.08. The molecule has 104 valence electrons. The van der Waals surface area contributed by atoms with Gasteiger partial charge in [0, 0.05) is 29.4 Å². The van der Waals surface area contributed by atoms with Gasteiger partial charge in [0.1, 0.15) is 0 Å². The van der Waals surface area contributed by atoms with Crippen molar-refractivity contribution in [2.24, 2.45) is 0 Å². The van der Waals surface area contributed by atoms with Gasteiger partial charge in [-0.2, -0.15) is 0 Å². The van der Waals surface area contributed by atoms with Gasteiger partial charge in [-0.1, -0.05) is 0 Å². The highest BCUT2D eigenvalue weighted by Gasteiger charge is 2.13. The summed E-state index contributed by atoms with van der Waals surface area (Å²) in [4.78, 5) is 5.13. The van der Waals surface area contributed by atoms with E-state index in [0.717, 1.165) is 13.1 Å². The zero-order valence-corrected chi connectivity index (χ0v) is 13.4. The summed E-state index contributed by atoms with van der Waals surface area (Å²) >= 11 is 3.60. The van der Waals surface area contributed by atoms with Crippen LogP contribution in [0.15, 0.2) is 22.9 Å². The molecule has 2 nitrogen and oxygen atoms in total. The standard InChI is InChI=1S/C15H21NOS2/c1-11-4-6-18-14(11)9-16(8-13(3)17)10-15-12(2)5-7-19-15/h4-7,13,17H,8-10H2,1-3H3/t13-/m0/s1. The van der Waals surface area contributed by atoms with Gasteiger partial charge in [0.15, 0.2) is 0 Å². The van der Waals surface area contributed by atoms with E-state index in [1.54, 1.807) is 22.7 Å². The quantitative estimate of drug-likeness (QED) is 0.876. The Hall–Kier alpha value is -0.680. The molecule has 19 heavy (non-hydrogen) atoms. The summed E-state index contributed by atoms with van der Waals surface area (Å²) in [5.74, 6) is 0. The van der Waals surface area contributed by atoms with E-state index in [-0.39, 0.29) is 6.10 Å². The van der Waals surface area contributed by atoms with Crippen molar-refractivity contribution in [2.75, 3.05) is 6.54 Å². The fourth-order valence-electron chi connectivity index (χ4n) is 2.10. The lowest BCUT2D eigenvalue weighted by Crippen LogP contribution is -2.30. The van der Waals surface area contributed by atoms with Crippen molar-refractivity contribution in [1.82, 2.24) is 4.90 Å². The molecule has 0 amide bonds. The van der Waals surface area contributed by atoms with Crippen LogP contribution in [0.4, 0.5) is 0 Å². The van der Waals surface area contributed by atoms with E-state index < -0.39 is 0 Å². The minimum atomic E-state index is -0.291. The Kier molecular flexibility index (Phi) is 5.16. The van der Waals surface area contributed by atoms with Crippen molar-refractivity contribution in [3.05, 3.63) is 43.8 Å². The topological polar surface area (TPSA) is 23.5 Å². The maximum atomic E-state index is 9.68. The molecule has 0 spiro atoms. The minimum absolute atomic E-state index is 0.291. The maximum absolute atomic E-state index is 9.68. The summed E-state index contributed by atoms with van der Waals surface area (Å²) in [6, 6.07) is 4.33. The van der Waals surface area contributed by atoms with Gasteiger partial charge in [0.2, 0.25) is 0 Å². The van der Waals surface area contributed by atoms with Crippen LogP contribution in [0.5, 0.6) is 0 Å². The van der Waals surface area contributed by atoms with E-state index in [0.29, 0.717) is 6.54 Å². The number of hydrogen-bond donors (Lipinski definition) is 1. The Labute approximate surface area is 123 Å². The van der Waals surface area contributed by atoms with Gasteiger partial charge in [0.05, 0.1) is 6.10 Å². The summed E-state index contributed by atoms with van der Waals surface area (Å²) in [6.45, 7) is 8.73. The molecule has 1 N–H and O–H groups in total. The van der Waals surface area contributed by atoms with Crippen LogP contribution in [0, 0.1) is 13.8 Å². The molecule has 2 aromatic heterocycles. The lowest BCUT2D eigenvalue weighted by Gasteiger charge is -2.23. The van der Waals surface area contributed by atoms with Gasteiger partial charge < -0.3 is 5.11 Å². The van der Waals surface area contributed by atoms with Gasteiger partial charge in [-0.3, -0.25) is 4.90 Å². The summed E-state index contributed by atoms with van der Waals surface area (Å²) in [5.41, 5.74) is 2.70. The molecule has 0 aromatic carbocycles. The smallest absolute Gasteiger partial charge is 0.0639 e. The SMILES string of the molecule is Cc1ccsc1CN(Cc1sccc1C)C[C@H](C)O. The van der Waals surface area contributed by atoms with Crippen LogP contribution in [0.2, 0.25) is 0 Å². The molecule has 0 unspecified atom stereocenters. The second-order valence-corrected chi connectivity index (χ2v) is 7.07. The lowest BCUT2D eigenvalue weighted by atomic mass is 10.2. The second-order valence-electron chi connectivity index (χ2n) is 5.07. The first-order chi connectivity index (χ1) is 9.06. The van der Waals surface area contributed by atoms with E-state index in [9.17, 15) is 5.11 Å². The zero-order valence-electron chi connectivity index (χ0n) is 11.7. The van der Waals surface area contributed by atoms with E-state index in [2.05, 4.69) is 41.6 Å². The molecule has 0 saturated carbocycles. The van der Waals surface area contributed by atoms with Crippen LogP contribution in [0.25, 0.3) is 0 Å². The Morgan fingerprint density at radius 1 is 1.05 bits per heavy atom. The highest BCUT2D eigenvalue weighted by molar-refractivity contribution is 7.10. The van der Waals surface area contributed by atoms with E-state index >= 15 is 0 Å². The normalized spacial score (nSPS) is 13.1. The number of nitrogens with zero attached hydrogens (tertiary/aromatic N) is 1. The Morgan fingerprint density at radius 2 is 1.53 bits per heavy atom. The van der Waals surface area contributed by atoms with Crippen molar-refractivity contribution < 1.29 is 5.11 Å². The first-order valence-corrected chi connectivity index (χ1v) is 8.28. The fourth-order valence-corrected chi connectivity index (χ4v) is 3.99. The monoisotopic (exact) mass is 295 g/mol.